The largest absolute Gasteiger partial charge is 0.501 e. The van der Waals surface area contributed by atoms with Crippen molar-refractivity contribution < 1.29 is 4.74 Å². The van der Waals surface area contributed by atoms with Gasteiger partial charge in [0.25, 0.3) is 0 Å². The van der Waals surface area contributed by atoms with Crippen LogP contribution in [0.3, 0.4) is 0 Å². The number of allylic oxidation sites excluding steroid dienone is 4. The molecule has 13 heavy (non-hydrogen) atoms. The third-order valence-electron chi connectivity index (χ3n) is 1.80. The van der Waals surface area contributed by atoms with Crippen molar-refractivity contribution in [3.8, 4) is 0 Å². The minimum Gasteiger partial charge on any atom is -0.501 e. The number of nitrogens with zero attached hydrogens (tertiary/aromatic N) is 1. The first kappa shape index (κ1) is 9.58. The second kappa shape index (κ2) is 4.50. The van der Waals surface area contributed by atoms with Crippen LogP contribution < -0.4 is 0 Å². The van der Waals surface area contributed by atoms with Gasteiger partial charge in [-0.15, -0.1) is 0 Å². The second-order valence-corrected chi connectivity index (χ2v) is 2.67. The Labute approximate surface area is 78.1 Å². The Morgan fingerprint density at radius 2 is 2.38 bits per heavy atom. The van der Waals surface area contributed by atoms with Crippen LogP contribution in [0.1, 0.15) is 19.5 Å². The minimum absolute atomic E-state index is 0.878. The van der Waals surface area contributed by atoms with Crippen LogP contribution in [0.5, 0.6) is 0 Å². The highest BCUT2D eigenvalue weighted by atomic mass is 16.5. The molecule has 0 fully saturated rings. The maximum atomic E-state index is 5.07. The monoisotopic (exact) mass is 178 g/mol. The van der Waals surface area contributed by atoms with E-state index in [-0.39, 0.29) is 0 Å². The zero-order valence-corrected chi connectivity index (χ0v) is 8.16. The third-order valence-corrected chi connectivity index (χ3v) is 1.80. The average Bonchev–Trinajstić information content (AvgIpc) is 2.66. The summed E-state index contributed by atoms with van der Waals surface area (Å²) in [6.07, 6.45) is 7.42. The summed E-state index contributed by atoms with van der Waals surface area (Å²) in [6.45, 7) is 3.90. The van der Waals surface area contributed by atoms with E-state index < -0.39 is 0 Å². The Balaban J connectivity index is 2.89. The zero-order chi connectivity index (χ0) is 9.68. The van der Waals surface area contributed by atoms with Crippen molar-refractivity contribution in [2.24, 2.45) is 0 Å². The van der Waals surface area contributed by atoms with E-state index >= 15 is 0 Å². The minimum atomic E-state index is 0.878. The Morgan fingerprint density at radius 3 is 2.85 bits per heavy atom. The van der Waals surface area contributed by atoms with E-state index in [1.165, 1.54) is 0 Å². The molecular formula is C10H14N2O. The zero-order valence-electron chi connectivity index (χ0n) is 8.16. The molecule has 0 saturated heterocycles. The fourth-order valence-electron chi connectivity index (χ4n) is 1.01. The lowest BCUT2D eigenvalue weighted by molar-refractivity contribution is 0.294. The molecular weight excluding hydrogens is 164 g/mol. The molecule has 0 aliphatic carbocycles. The maximum Gasteiger partial charge on any atom is 0.0931 e. The molecule has 1 heterocycles. The van der Waals surface area contributed by atoms with Crippen LogP contribution in [0.4, 0.5) is 0 Å². The highest BCUT2D eigenvalue weighted by Crippen LogP contribution is 2.14. The fourth-order valence-corrected chi connectivity index (χ4v) is 1.01. The van der Waals surface area contributed by atoms with E-state index in [4.69, 9.17) is 4.74 Å². The Morgan fingerprint density at radius 1 is 1.62 bits per heavy atom. The molecule has 0 radical (unpaired) electrons. The maximum absolute atomic E-state index is 5.07. The van der Waals surface area contributed by atoms with Crippen molar-refractivity contribution in [1.29, 1.82) is 0 Å². The van der Waals surface area contributed by atoms with Crippen molar-refractivity contribution >= 4 is 5.57 Å². The quantitative estimate of drug-likeness (QED) is 0.570. The van der Waals surface area contributed by atoms with Gasteiger partial charge < -0.3 is 9.72 Å². The summed E-state index contributed by atoms with van der Waals surface area (Å²) < 4.78 is 5.07. The van der Waals surface area contributed by atoms with Crippen molar-refractivity contribution in [1.82, 2.24) is 9.97 Å². The molecule has 3 heteroatoms. The van der Waals surface area contributed by atoms with E-state index in [2.05, 4.69) is 9.97 Å². The number of hydrogen-bond donors (Lipinski definition) is 1. The Kier molecular flexibility index (Phi) is 3.31. The summed E-state index contributed by atoms with van der Waals surface area (Å²) in [7, 11) is 1.66. The lowest BCUT2D eigenvalue weighted by Gasteiger charge is -2.00. The normalized spacial score (nSPS) is 13.2. The summed E-state index contributed by atoms with van der Waals surface area (Å²) in [4.78, 5) is 7.00. The van der Waals surface area contributed by atoms with E-state index in [0.717, 1.165) is 17.0 Å². The predicted octanol–water partition coefficient (Wildman–Crippen LogP) is 2.36. The highest BCUT2D eigenvalue weighted by Gasteiger charge is 1.98. The predicted molar refractivity (Wildman–Crippen MR) is 53.0 cm³/mol. The molecule has 0 atom stereocenters. The lowest BCUT2D eigenvalue weighted by Crippen LogP contribution is -1.84. The van der Waals surface area contributed by atoms with Gasteiger partial charge in [0.05, 0.1) is 31.1 Å². The van der Waals surface area contributed by atoms with E-state index in [9.17, 15) is 0 Å². The topological polar surface area (TPSA) is 37.9 Å². The summed E-state index contributed by atoms with van der Waals surface area (Å²) in [5.74, 6) is 0.878. The number of hydrogen-bond acceptors (Lipinski definition) is 2. The van der Waals surface area contributed by atoms with Gasteiger partial charge in [-0.05, 0) is 25.5 Å². The Bertz CT molecular complexity index is 310. The van der Waals surface area contributed by atoms with Gasteiger partial charge in [0.1, 0.15) is 0 Å². The van der Waals surface area contributed by atoms with Crippen molar-refractivity contribution in [2.75, 3.05) is 7.11 Å². The molecule has 1 rings (SSSR count). The van der Waals surface area contributed by atoms with Gasteiger partial charge in [-0.1, -0.05) is 6.08 Å². The number of rotatable bonds is 3. The van der Waals surface area contributed by atoms with Crippen LogP contribution in [-0.4, -0.2) is 17.1 Å². The number of aromatic nitrogens is 2. The number of aromatic amines is 1. The summed E-state index contributed by atoms with van der Waals surface area (Å²) in [6, 6.07) is 0. The number of nitrogens with one attached hydrogen (secondary N) is 1. The van der Waals surface area contributed by atoms with E-state index in [1.807, 2.05) is 26.0 Å². The first-order valence-electron chi connectivity index (χ1n) is 4.15. The van der Waals surface area contributed by atoms with Crippen LogP contribution in [0, 0.1) is 0 Å². The van der Waals surface area contributed by atoms with Crippen LogP contribution in [0.2, 0.25) is 0 Å². The van der Waals surface area contributed by atoms with Crippen molar-refractivity contribution in [3.05, 3.63) is 36.1 Å². The van der Waals surface area contributed by atoms with Crippen molar-refractivity contribution in [3.63, 3.8) is 0 Å². The summed E-state index contributed by atoms with van der Waals surface area (Å²) in [5, 5.41) is 0. The van der Waals surface area contributed by atoms with Gasteiger partial charge in [-0.2, -0.15) is 0 Å². The SMILES string of the molecule is C/C=C(\C=C(/C)OC)c1cnc[nH]1. The second-order valence-electron chi connectivity index (χ2n) is 2.67. The number of methoxy groups -OCH3 is 1. The van der Waals surface area contributed by atoms with Gasteiger partial charge in [0.15, 0.2) is 0 Å². The van der Waals surface area contributed by atoms with Gasteiger partial charge in [0.2, 0.25) is 0 Å². The number of H-pyrrole nitrogens is 1. The number of imidazole rings is 1. The molecule has 70 valence electrons. The first-order chi connectivity index (χ1) is 6.27. The molecule has 0 spiro atoms. The standard InChI is InChI=1S/C10H14N2O/c1-4-9(5-8(2)13-3)10-6-11-7-12-10/h4-7H,1-3H3,(H,11,12)/b8-5+,9-4+. The van der Waals surface area contributed by atoms with Gasteiger partial charge in [0, 0.05) is 0 Å². The first-order valence-corrected chi connectivity index (χ1v) is 4.15. The number of ether oxygens (including phenoxy) is 1. The van der Waals surface area contributed by atoms with Crippen LogP contribution >= 0.6 is 0 Å². The molecule has 0 aliphatic heterocycles. The molecule has 0 bridgehead atoms. The molecule has 1 N–H and O–H groups in total. The molecule has 1 aromatic rings. The van der Waals surface area contributed by atoms with Crippen LogP contribution in [-0.2, 0) is 4.74 Å². The van der Waals surface area contributed by atoms with Crippen molar-refractivity contribution in [2.45, 2.75) is 13.8 Å². The van der Waals surface area contributed by atoms with Gasteiger partial charge in [-0.25, -0.2) is 4.98 Å². The smallest absolute Gasteiger partial charge is 0.0931 e. The molecule has 0 amide bonds. The van der Waals surface area contributed by atoms with E-state index in [1.54, 1.807) is 19.6 Å². The molecule has 0 saturated carbocycles. The van der Waals surface area contributed by atoms with Crippen LogP contribution in [0.25, 0.3) is 5.57 Å². The summed E-state index contributed by atoms with van der Waals surface area (Å²) in [5.41, 5.74) is 2.08. The van der Waals surface area contributed by atoms with Crippen LogP contribution in [0.15, 0.2) is 30.4 Å². The molecule has 0 aromatic carbocycles. The Hall–Kier alpha value is -1.51. The van der Waals surface area contributed by atoms with Gasteiger partial charge in [-0.3, -0.25) is 0 Å². The molecule has 1 aromatic heterocycles. The average molecular weight is 178 g/mol. The molecule has 0 unspecified atom stereocenters. The summed E-state index contributed by atoms with van der Waals surface area (Å²) >= 11 is 0. The van der Waals surface area contributed by atoms with Gasteiger partial charge >= 0.3 is 0 Å². The lowest BCUT2D eigenvalue weighted by atomic mass is 10.2. The third kappa shape index (κ3) is 2.47. The highest BCUT2D eigenvalue weighted by molar-refractivity contribution is 5.71. The fraction of sp³-hybridized carbons (Fsp3) is 0.300. The molecule has 3 nitrogen and oxygen atoms in total. The van der Waals surface area contributed by atoms with E-state index in [0.29, 0.717) is 0 Å². The molecule has 0 aliphatic rings.